The average molecular weight is 216 g/mol. The van der Waals surface area contributed by atoms with Gasteiger partial charge in [0.25, 0.3) is 0 Å². The minimum Gasteiger partial charge on any atom is -0.457 e. The number of allylic oxidation sites excluding steroid dienone is 4. The van der Waals surface area contributed by atoms with Gasteiger partial charge >= 0.3 is 0 Å². The van der Waals surface area contributed by atoms with Gasteiger partial charge in [-0.1, -0.05) is 12.2 Å². The Morgan fingerprint density at radius 1 is 1.25 bits per heavy atom. The van der Waals surface area contributed by atoms with Crippen LogP contribution in [0.25, 0.3) is 0 Å². The molecule has 0 bridgehead atoms. The smallest absolute Gasteiger partial charge is 0.128 e. The van der Waals surface area contributed by atoms with Crippen molar-refractivity contribution in [2.24, 2.45) is 5.73 Å². The van der Waals surface area contributed by atoms with Crippen molar-refractivity contribution in [2.75, 3.05) is 5.73 Å². The van der Waals surface area contributed by atoms with Gasteiger partial charge < -0.3 is 16.2 Å². The highest BCUT2D eigenvalue weighted by Crippen LogP contribution is 2.16. The van der Waals surface area contributed by atoms with Gasteiger partial charge in [0.15, 0.2) is 0 Å². The summed E-state index contributed by atoms with van der Waals surface area (Å²) in [6, 6.07) is 7.19. The van der Waals surface area contributed by atoms with Crippen LogP contribution in [0.3, 0.4) is 0 Å². The van der Waals surface area contributed by atoms with Crippen molar-refractivity contribution in [3.05, 3.63) is 60.5 Å². The maximum Gasteiger partial charge on any atom is 0.128 e. The molecule has 0 saturated heterocycles. The summed E-state index contributed by atoms with van der Waals surface area (Å²) in [7, 11) is 0. The van der Waals surface area contributed by atoms with Gasteiger partial charge in [-0.25, -0.2) is 0 Å². The minimum atomic E-state index is 0.672. The molecule has 1 rings (SSSR count). The van der Waals surface area contributed by atoms with E-state index >= 15 is 0 Å². The lowest BCUT2D eigenvalue weighted by molar-refractivity contribution is 0.444. The molecule has 0 aliphatic carbocycles. The van der Waals surface area contributed by atoms with Crippen molar-refractivity contribution in [2.45, 2.75) is 6.92 Å². The summed E-state index contributed by atoms with van der Waals surface area (Å²) in [5.41, 5.74) is 11.6. The van der Waals surface area contributed by atoms with Crippen molar-refractivity contribution in [3.8, 4) is 5.75 Å². The second kappa shape index (κ2) is 6.35. The van der Waals surface area contributed by atoms with Crippen molar-refractivity contribution >= 4 is 5.69 Å². The minimum absolute atomic E-state index is 0.672. The van der Waals surface area contributed by atoms with Crippen LogP contribution in [0.5, 0.6) is 5.75 Å². The lowest BCUT2D eigenvalue weighted by atomic mass is 10.3. The van der Waals surface area contributed by atoms with Gasteiger partial charge in [-0.3, -0.25) is 0 Å². The zero-order chi connectivity index (χ0) is 11.8. The summed E-state index contributed by atoms with van der Waals surface area (Å²) in [6.45, 7) is 1.93. The van der Waals surface area contributed by atoms with Gasteiger partial charge in [-0.05, 0) is 49.5 Å². The monoisotopic (exact) mass is 216 g/mol. The van der Waals surface area contributed by atoms with Crippen LogP contribution in [0.4, 0.5) is 5.69 Å². The van der Waals surface area contributed by atoms with Crippen LogP contribution in [-0.4, -0.2) is 0 Å². The first-order valence-corrected chi connectivity index (χ1v) is 5.01. The largest absolute Gasteiger partial charge is 0.457 e. The van der Waals surface area contributed by atoms with E-state index in [1.54, 1.807) is 18.2 Å². The number of anilines is 1. The zero-order valence-corrected chi connectivity index (χ0v) is 9.26. The summed E-state index contributed by atoms with van der Waals surface area (Å²) in [4.78, 5) is 0. The Kier molecular flexibility index (Phi) is 4.73. The predicted octanol–water partition coefficient (Wildman–Crippen LogP) is 2.58. The molecule has 0 heterocycles. The fourth-order valence-electron chi connectivity index (χ4n) is 1.08. The topological polar surface area (TPSA) is 61.3 Å². The summed E-state index contributed by atoms with van der Waals surface area (Å²) in [5, 5.41) is 0. The van der Waals surface area contributed by atoms with Crippen LogP contribution in [0.15, 0.2) is 60.5 Å². The average Bonchev–Trinajstić information content (AvgIpc) is 2.29. The lowest BCUT2D eigenvalue weighted by Crippen LogP contribution is -1.93. The van der Waals surface area contributed by atoms with E-state index in [-0.39, 0.29) is 0 Å². The fourth-order valence-corrected chi connectivity index (χ4v) is 1.08. The molecule has 0 aromatic heterocycles. The van der Waals surface area contributed by atoms with Crippen LogP contribution in [0.2, 0.25) is 0 Å². The number of benzene rings is 1. The van der Waals surface area contributed by atoms with Crippen molar-refractivity contribution < 1.29 is 4.74 Å². The SMILES string of the molecule is C\C=C/C=C(\C=C\N)Oc1ccc(N)cc1. The summed E-state index contributed by atoms with van der Waals surface area (Å²) in [6.07, 6.45) is 8.76. The molecule has 0 aliphatic heterocycles. The molecule has 0 spiro atoms. The van der Waals surface area contributed by atoms with Crippen molar-refractivity contribution in [1.82, 2.24) is 0 Å². The molecule has 0 radical (unpaired) electrons. The third kappa shape index (κ3) is 3.92. The van der Waals surface area contributed by atoms with Gasteiger partial charge in [0.1, 0.15) is 11.5 Å². The number of nitrogens with two attached hydrogens (primary N) is 2. The van der Waals surface area contributed by atoms with Gasteiger partial charge in [0.05, 0.1) is 0 Å². The third-order valence-corrected chi connectivity index (χ3v) is 1.83. The molecule has 4 N–H and O–H groups in total. The zero-order valence-electron chi connectivity index (χ0n) is 9.26. The Bertz CT molecular complexity index is 402. The third-order valence-electron chi connectivity index (χ3n) is 1.83. The van der Waals surface area contributed by atoms with Crippen molar-refractivity contribution in [3.63, 3.8) is 0 Å². The first-order chi connectivity index (χ1) is 7.76. The molecule has 0 saturated carbocycles. The van der Waals surface area contributed by atoms with Crippen LogP contribution >= 0.6 is 0 Å². The fraction of sp³-hybridized carbons (Fsp3) is 0.0769. The Balaban J connectivity index is 2.79. The van der Waals surface area contributed by atoms with Gasteiger partial charge in [-0.15, -0.1) is 0 Å². The Hall–Kier alpha value is -2.16. The highest BCUT2D eigenvalue weighted by Gasteiger charge is 1.95. The second-order valence-corrected chi connectivity index (χ2v) is 3.13. The number of ether oxygens (including phenoxy) is 1. The highest BCUT2D eigenvalue weighted by molar-refractivity contribution is 5.42. The van der Waals surface area contributed by atoms with Crippen LogP contribution in [-0.2, 0) is 0 Å². The normalized spacial score (nSPS) is 12.4. The van der Waals surface area contributed by atoms with E-state index in [9.17, 15) is 0 Å². The first kappa shape index (κ1) is 11.9. The molecular weight excluding hydrogens is 200 g/mol. The van der Waals surface area contributed by atoms with Crippen molar-refractivity contribution in [1.29, 1.82) is 0 Å². The quantitative estimate of drug-likeness (QED) is 0.462. The summed E-state index contributed by atoms with van der Waals surface area (Å²) in [5.74, 6) is 1.40. The van der Waals surface area contributed by atoms with E-state index in [0.717, 1.165) is 5.75 Å². The van der Waals surface area contributed by atoms with E-state index in [4.69, 9.17) is 16.2 Å². The number of hydrogen-bond donors (Lipinski definition) is 2. The van der Waals surface area contributed by atoms with E-state index in [0.29, 0.717) is 11.4 Å². The molecule has 0 amide bonds. The molecule has 3 heteroatoms. The van der Waals surface area contributed by atoms with Gasteiger partial charge in [0, 0.05) is 5.69 Å². The van der Waals surface area contributed by atoms with Gasteiger partial charge in [0.2, 0.25) is 0 Å². The first-order valence-electron chi connectivity index (χ1n) is 5.01. The number of rotatable bonds is 4. The van der Waals surface area contributed by atoms with E-state index in [1.807, 2.05) is 37.3 Å². The molecule has 0 atom stereocenters. The molecule has 16 heavy (non-hydrogen) atoms. The van der Waals surface area contributed by atoms with Crippen LogP contribution < -0.4 is 16.2 Å². The van der Waals surface area contributed by atoms with Crippen LogP contribution in [0.1, 0.15) is 6.92 Å². The Labute approximate surface area is 95.7 Å². The van der Waals surface area contributed by atoms with Crippen LogP contribution in [0, 0.1) is 0 Å². The van der Waals surface area contributed by atoms with E-state index in [1.165, 1.54) is 6.20 Å². The van der Waals surface area contributed by atoms with Gasteiger partial charge in [-0.2, -0.15) is 0 Å². The van der Waals surface area contributed by atoms with E-state index < -0.39 is 0 Å². The molecular formula is C13H16N2O. The van der Waals surface area contributed by atoms with E-state index in [2.05, 4.69) is 0 Å². The Morgan fingerprint density at radius 2 is 1.94 bits per heavy atom. The number of hydrogen-bond acceptors (Lipinski definition) is 3. The number of nitrogen functional groups attached to an aromatic ring is 1. The molecule has 1 aromatic rings. The second-order valence-electron chi connectivity index (χ2n) is 3.13. The highest BCUT2D eigenvalue weighted by atomic mass is 16.5. The molecule has 3 nitrogen and oxygen atoms in total. The maximum absolute atomic E-state index is 5.60. The predicted molar refractivity (Wildman–Crippen MR) is 67.7 cm³/mol. The summed E-state index contributed by atoms with van der Waals surface area (Å²) >= 11 is 0. The lowest BCUT2D eigenvalue weighted by Gasteiger charge is -2.05. The molecule has 0 fully saturated rings. The molecule has 0 aliphatic rings. The standard InChI is InChI=1S/C13H16N2O/c1-2-3-4-12(9-10-14)16-13-7-5-11(15)6-8-13/h2-10H,14-15H2,1H3/b3-2-,10-9+,12-4+. The Morgan fingerprint density at radius 3 is 2.50 bits per heavy atom. The molecule has 84 valence electrons. The molecule has 1 aromatic carbocycles. The molecule has 0 unspecified atom stereocenters. The summed E-state index contributed by atoms with van der Waals surface area (Å²) < 4.78 is 5.60. The maximum atomic E-state index is 5.60.